The maximum atomic E-state index is 5.55. The Bertz CT molecular complexity index is 457. The molecule has 0 saturated carbocycles. The van der Waals surface area contributed by atoms with Crippen molar-refractivity contribution in [3.63, 3.8) is 0 Å². The molecule has 0 saturated heterocycles. The summed E-state index contributed by atoms with van der Waals surface area (Å²) in [7, 11) is 0. The minimum atomic E-state index is 0.672. The lowest BCUT2D eigenvalue weighted by atomic mass is 10.2. The molecule has 0 amide bonds. The molecular weight excluding hydrogens is 212 g/mol. The van der Waals surface area contributed by atoms with E-state index in [1.54, 1.807) is 6.20 Å². The Morgan fingerprint density at radius 2 is 2.06 bits per heavy atom. The number of rotatable bonds is 5. The molecule has 1 aromatic heterocycles. The van der Waals surface area contributed by atoms with Crippen LogP contribution >= 0.6 is 0 Å². The molecule has 3 heteroatoms. The van der Waals surface area contributed by atoms with Crippen LogP contribution in [0.3, 0.4) is 0 Å². The topological polar surface area (TPSA) is 34.1 Å². The second kappa shape index (κ2) is 5.89. The highest BCUT2D eigenvalue weighted by Gasteiger charge is 2.01. The van der Waals surface area contributed by atoms with Crippen molar-refractivity contribution in [1.29, 1.82) is 0 Å². The van der Waals surface area contributed by atoms with Crippen LogP contribution in [0.4, 0.5) is 5.69 Å². The van der Waals surface area contributed by atoms with Gasteiger partial charge in [0, 0.05) is 18.9 Å². The number of pyridine rings is 1. The molecule has 0 aliphatic carbocycles. The number of para-hydroxylation sites is 2. The van der Waals surface area contributed by atoms with Gasteiger partial charge in [-0.05, 0) is 30.7 Å². The average molecular weight is 228 g/mol. The number of nitrogens with one attached hydrogen (secondary N) is 1. The van der Waals surface area contributed by atoms with Gasteiger partial charge in [0.25, 0.3) is 0 Å². The molecule has 3 nitrogen and oxygen atoms in total. The van der Waals surface area contributed by atoms with Crippen molar-refractivity contribution in [3.8, 4) is 5.75 Å². The summed E-state index contributed by atoms with van der Waals surface area (Å²) in [6, 6.07) is 11.9. The van der Waals surface area contributed by atoms with Gasteiger partial charge in [-0.25, -0.2) is 0 Å². The molecule has 2 rings (SSSR count). The van der Waals surface area contributed by atoms with E-state index in [4.69, 9.17) is 4.74 Å². The van der Waals surface area contributed by atoms with E-state index in [-0.39, 0.29) is 0 Å². The van der Waals surface area contributed by atoms with Crippen molar-refractivity contribution in [2.24, 2.45) is 0 Å². The summed E-state index contributed by atoms with van der Waals surface area (Å²) in [5.41, 5.74) is 2.16. The summed E-state index contributed by atoms with van der Waals surface area (Å²) >= 11 is 0. The van der Waals surface area contributed by atoms with Gasteiger partial charge >= 0.3 is 0 Å². The highest BCUT2D eigenvalue weighted by Crippen LogP contribution is 2.24. The normalized spacial score (nSPS) is 9.94. The first-order chi connectivity index (χ1) is 8.40. The van der Waals surface area contributed by atoms with E-state index < -0.39 is 0 Å². The Kier molecular flexibility index (Phi) is 3.97. The molecule has 0 radical (unpaired) electrons. The first-order valence-electron chi connectivity index (χ1n) is 5.74. The predicted molar refractivity (Wildman–Crippen MR) is 69.2 cm³/mol. The van der Waals surface area contributed by atoms with Crippen molar-refractivity contribution in [2.75, 3.05) is 11.9 Å². The molecule has 1 aromatic carbocycles. The molecule has 0 aliphatic rings. The quantitative estimate of drug-likeness (QED) is 0.853. The van der Waals surface area contributed by atoms with Gasteiger partial charge in [-0.2, -0.15) is 0 Å². The number of benzene rings is 1. The number of anilines is 1. The lowest BCUT2D eigenvalue weighted by molar-refractivity contribution is 0.341. The summed E-state index contributed by atoms with van der Waals surface area (Å²) in [5, 5.41) is 3.35. The smallest absolute Gasteiger partial charge is 0.142 e. The van der Waals surface area contributed by atoms with E-state index >= 15 is 0 Å². The number of hydrogen-bond acceptors (Lipinski definition) is 3. The zero-order valence-corrected chi connectivity index (χ0v) is 9.89. The lowest BCUT2D eigenvalue weighted by Gasteiger charge is -2.11. The highest BCUT2D eigenvalue weighted by atomic mass is 16.5. The third-order valence-electron chi connectivity index (χ3n) is 2.39. The van der Waals surface area contributed by atoms with Gasteiger partial charge in [-0.1, -0.05) is 18.2 Å². The SMILES string of the molecule is CCOc1ccccc1NCc1cccnc1. The first-order valence-corrected chi connectivity index (χ1v) is 5.74. The largest absolute Gasteiger partial charge is 0.492 e. The Hall–Kier alpha value is -2.03. The minimum Gasteiger partial charge on any atom is -0.492 e. The summed E-state index contributed by atoms with van der Waals surface area (Å²) < 4.78 is 5.55. The fourth-order valence-corrected chi connectivity index (χ4v) is 1.59. The minimum absolute atomic E-state index is 0.672. The average Bonchev–Trinajstić information content (AvgIpc) is 2.39. The van der Waals surface area contributed by atoms with Crippen LogP contribution < -0.4 is 10.1 Å². The molecule has 0 fully saturated rings. The van der Waals surface area contributed by atoms with Crippen LogP contribution in [0.5, 0.6) is 5.75 Å². The Morgan fingerprint density at radius 1 is 1.18 bits per heavy atom. The third-order valence-corrected chi connectivity index (χ3v) is 2.39. The van der Waals surface area contributed by atoms with Crippen molar-refractivity contribution in [1.82, 2.24) is 4.98 Å². The van der Waals surface area contributed by atoms with Gasteiger partial charge in [0.05, 0.1) is 12.3 Å². The van der Waals surface area contributed by atoms with Crippen LogP contribution in [-0.4, -0.2) is 11.6 Å². The Labute approximate surface area is 101 Å². The van der Waals surface area contributed by atoms with E-state index in [1.165, 1.54) is 0 Å². The maximum Gasteiger partial charge on any atom is 0.142 e. The van der Waals surface area contributed by atoms with Crippen LogP contribution in [0.2, 0.25) is 0 Å². The second-order valence-corrected chi connectivity index (χ2v) is 3.64. The molecule has 17 heavy (non-hydrogen) atoms. The van der Waals surface area contributed by atoms with E-state index in [0.29, 0.717) is 6.61 Å². The first kappa shape index (κ1) is 11.5. The maximum absolute atomic E-state index is 5.55. The fourth-order valence-electron chi connectivity index (χ4n) is 1.59. The number of ether oxygens (including phenoxy) is 1. The zero-order chi connectivity index (χ0) is 11.9. The number of hydrogen-bond donors (Lipinski definition) is 1. The molecule has 0 unspecified atom stereocenters. The number of nitrogens with zero attached hydrogens (tertiary/aromatic N) is 1. The molecule has 0 aliphatic heterocycles. The van der Waals surface area contributed by atoms with Crippen molar-refractivity contribution < 1.29 is 4.74 Å². The van der Waals surface area contributed by atoms with Gasteiger partial charge in [0.1, 0.15) is 5.75 Å². The molecule has 0 bridgehead atoms. The standard InChI is InChI=1S/C14H16N2O/c1-2-17-14-8-4-3-7-13(14)16-11-12-6-5-9-15-10-12/h3-10,16H,2,11H2,1H3. The van der Waals surface area contributed by atoms with Crippen molar-refractivity contribution >= 4 is 5.69 Å². The molecule has 88 valence electrons. The monoisotopic (exact) mass is 228 g/mol. The van der Waals surface area contributed by atoms with Gasteiger partial charge in [-0.15, -0.1) is 0 Å². The molecule has 1 N–H and O–H groups in total. The van der Waals surface area contributed by atoms with Crippen LogP contribution in [0.25, 0.3) is 0 Å². The predicted octanol–water partition coefficient (Wildman–Crippen LogP) is 3.09. The van der Waals surface area contributed by atoms with Crippen molar-refractivity contribution in [2.45, 2.75) is 13.5 Å². The summed E-state index contributed by atoms with van der Waals surface area (Å²) in [5.74, 6) is 0.888. The van der Waals surface area contributed by atoms with Crippen LogP contribution in [0, 0.1) is 0 Å². The van der Waals surface area contributed by atoms with Gasteiger partial charge in [-0.3, -0.25) is 4.98 Å². The lowest BCUT2D eigenvalue weighted by Crippen LogP contribution is -2.02. The van der Waals surface area contributed by atoms with E-state index in [1.807, 2.05) is 49.5 Å². The van der Waals surface area contributed by atoms with E-state index in [2.05, 4.69) is 10.3 Å². The zero-order valence-electron chi connectivity index (χ0n) is 9.89. The molecule has 0 spiro atoms. The molecule has 2 aromatic rings. The Balaban J connectivity index is 2.03. The molecule has 0 atom stereocenters. The van der Waals surface area contributed by atoms with Gasteiger partial charge in [0.15, 0.2) is 0 Å². The van der Waals surface area contributed by atoms with Crippen LogP contribution in [-0.2, 0) is 6.54 Å². The van der Waals surface area contributed by atoms with Crippen LogP contribution in [0.15, 0.2) is 48.8 Å². The molecule has 1 heterocycles. The summed E-state index contributed by atoms with van der Waals surface area (Å²) in [4.78, 5) is 4.08. The molecular formula is C14H16N2O. The number of aromatic nitrogens is 1. The summed E-state index contributed by atoms with van der Waals surface area (Å²) in [6.07, 6.45) is 3.63. The van der Waals surface area contributed by atoms with Crippen molar-refractivity contribution in [3.05, 3.63) is 54.4 Å². The summed E-state index contributed by atoms with van der Waals surface area (Å²) in [6.45, 7) is 3.40. The van der Waals surface area contributed by atoms with Gasteiger partial charge in [0.2, 0.25) is 0 Å². The third kappa shape index (κ3) is 3.21. The highest BCUT2D eigenvalue weighted by molar-refractivity contribution is 5.56. The fraction of sp³-hybridized carbons (Fsp3) is 0.214. The van der Waals surface area contributed by atoms with Crippen LogP contribution in [0.1, 0.15) is 12.5 Å². The second-order valence-electron chi connectivity index (χ2n) is 3.64. The van der Waals surface area contributed by atoms with Gasteiger partial charge < -0.3 is 10.1 Å². The van der Waals surface area contributed by atoms with E-state index in [9.17, 15) is 0 Å². The Morgan fingerprint density at radius 3 is 2.82 bits per heavy atom. The van der Waals surface area contributed by atoms with E-state index in [0.717, 1.165) is 23.5 Å².